The van der Waals surface area contributed by atoms with Gasteiger partial charge in [0.25, 0.3) is 0 Å². The molecule has 0 bridgehead atoms. The highest BCUT2D eigenvalue weighted by Crippen LogP contribution is 2.20. The van der Waals surface area contributed by atoms with Crippen LogP contribution >= 0.6 is 15.9 Å². The van der Waals surface area contributed by atoms with E-state index in [0.717, 1.165) is 5.56 Å². The molecule has 0 aliphatic carbocycles. The fourth-order valence-corrected chi connectivity index (χ4v) is 2.10. The van der Waals surface area contributed by atoms with Gasteiger partial charge in [-0.1, -0.05) is 22.0 Å². The Kier molecular flexibility index (Phi) is 4.67. The van der Waals surface area contributed by atoms with Gasteiger partial charge >= 0.3 is 0 Å². The summed E-state index contributed by atoms with van der Waals surface area (Å²) in [6.45, 7) is 1.79. The van der Waals surface area contributed by atoms with Crippen molar-refractivity contribution in [2.75, 3.05) is 17.7 Å². The van der Waals surface area contributed by atoms with Gasteiger partial charge in [0.15, 0.2) is 0 Å². The van der Waals surface area contributed by atoms with E-state index in [0.29, 0.717) is 5.69 Å². The normalized spacial score (nSPS) is 11.2. The van der Waals surface area contributed by atoms with Crippen LogP contribution in [0.4, 0.5) is 5.69 Å². The molecule has 5 nitrogen and oxygen atoms in total. The molecule has 0 atom stereocenters. The van der Waals surface area contributed by atoms with E-state index in [-0.39, 0.29) is 16.1 Å². The Balaban J connectivity index is 3.15. The van der Waals surface area contributed by atoms with E-state index >= 15 is 0 Å². The largest absolute Gasteiger partial charge is 0.325 e. The van der Waals surface area contributed by atoms with Crippen molar-refractivity contribution in [3.05, 3.63) is 23.8 Å². The fourth-order valence-electron chi connectivity index (χ4n) is 1.20. The number of anilines is 1. The van der Waals surface area contributed by atoms with Gasteiger partial charge in [0, 0.05) is 5.69 Å². The summed E-state index contributed by atoms with van der Waals surface area (Å²) in [5.74, 6) is -0.230. The van der Waals surface area contributed by atoms with Crippen LogP contribution < -0.4 is 10.0 Å². The van der Waals surface area contributed by atoms with Crippen molar-refractivity contribution in [2.24, 2.45) is 0 Å². The molecule has 2 N–H and O–H groups in total. The summed E-state index contributed by atoms with van der Waals surface area (Å²) in [7, 11) is -2.15. The average Bonchev–Trinajstić information content (AvgIpc) is 2.31. The second kappa shape index (κ2) is 5.61. The topological polar surface area (TPSA) is 75.3 Å². The third kappa shape index (κ3) is 3.52. The third-order valence-electron chi connectivity index (χ3n) is 2.18. The molecule has 0 aliphatic rings. The molecule has 17 heavy (non-hydrogen) atoms. The number of rotatable bonds is 4. The lowest BCUT2D eigenvalue weighted by Gasteiger charge is -2.09. The van der Waals surface area contributed by atoms with Gasteiger partial charge < -0.3 is 5.32 Å². The Morgan fingerprint density at radius 3 is 2.59 bits per heavy atom. The number of carbonyl (C=O) groups is 1. The van der Waals surface area contributed by atoms with Crippen LogP contribution in [-0.2, 0) is 14.8 Å². The van der Waals surface area contributed by atoms with Gasteiger partial charge in [-0.3, -0.25) is 4.79 Å². The molecule has 1 rings (SSSR count). The molecule has 0 radical (unpaired) electrons. The van der Waals surface area contributed by atoms with Gasteiger partial charge in [-0.25, -0.2) is 13.1 Å². The summed E-state index contributed by atoms with van der Waals surface area (Å²) in [6, 6.07) is 4.57. The molecule has 1 aromatic rings. The highest BCUT2D eigenvalue weighted by Gasteiger charge is 2.13. The molecule has 0 saturated carbocycles. The van der Waals surface area contributed by atoms with E-state index < -0.39 is 10.0 Å². The van der Waals surface area contributed by atoms with E-state index in [1.807, 2.05) is 0 Å². The van der Waals surface area contributed by atoms with Crippen molar-refractivity contribution in [2.45, 2.75) is 11.8 Å². The zero-order valence-corrected chi connectivity index (χ0v) is 11.9. The van der Waals surface area contributed by atoms with E-state index in [1.54, 1.807) is 13.0 Å². The van der Waals surface area contributed by atoms with Crippen LogP contribution in [0.2, 0.25) is 0 Å². The van der Waals surface area contributed by atoms with E-state index in [4.69, 9.17) is 0 Å². The Morgan fingerprint density at radius 2 is 2.06 bits per heavy atom. The number of carbonyl (C=O) groups excluding carboxylic acids is 1. The lowest BCUT2D eigenvalue weighted by Crippen LogP contribution is -2.19. The zero-order valence-electron chi connectivity index (χ0n) is 9.45. The minimum Gasteiger partial charge on any atom is -0.325 e. The Morgan fingerprint density at radius 1 is 1.41 bits per heavy atom. The minimum atomic E-state index is -3.49. The molecule has 94 valence electrons. The van der Waals surface area contributed by atoms with Crippen LogP contribution in [0.25, 0.3) is 0 Å². The number of nitrogens with one attached hydrogen (secondary N) is 2. The van der Waals surface area contributed by atoms with Crippen molar-refractivity contribution < 1.29 is 13.2 Å². The number of benzene rings is 1. The van der Waals surface area contributed by atoms with Gasteiger partial charge in [-0.2, -0.15) is 0 Å². The second-order valence-corrected chi connectivity index (χ2v) is 5.81. The standard InChI is InChI=1S/C10H13BrN2O3S/c1-7-3-4-8(17(15,16)12-2)5-9(7)13-10(14)6-11/h3-5,12H,6H2,1-2H3,(H,13,14). The molecule has 1 aromatic carbocycles. The number of aryl methyl sites for hydroxylation is 1. The predicted molar refractivity (Wildman–Crippen MR) is 69.8 cm³/mol. The van der Waals surface area contributed by atoms with Gasteiger partial charge in [-0.15, -0.1) is 0 Å². The lowest BCUT2D eigenvalue weighted by molar-refractivity contribution is -0.113. The minimum absolute atomic E-state index is 0.121. The number of alkyl halides is 1. The highest BCUT2D eigenvalue weighted by molar-refractivity contribution is 9.09. The van der Waals surface area contributed by atoms with Crippen molar-refractivity contribution in [3.8, 4) is 0 Å². The third-order valence-corrected chi connectivity index (χ3v) is 4.10. The number of hydrogen-bond donors (Lipinski definition) is 2. The Labute approximate surface area is 109 Å². The maximum atomic E-state index is 11.6. The Bertz CT molecular complexity index is 528. The first-order valence-corrected chi connectivity index (χ1v) is 7.41. The van der Waals surface area contributed by atoms with Crippen molar-refractivity contribution >= 4 is 37.5 Å². The van der Waals surface area contributed by atoms with Crippen LogP contribution in [0, 0.1) is 6.92 Å². The summed E-state index contributed by atoms with van der Waals surface area (Å²) in [5, 5.41) is 2.78. The molecule has 0 saturated heterocycles. The van der Waals surface area contributed by atoms with Crippen molar-refractivity contribution in [3.63, 3.8) is 0 Å². The number of sulfonamides is 1. The summed E-state index contributed by atoms with van der Waals surface area (Å²) in [6.07, 6.45) is 0. The summed E-state index contributed by atoms with van der Waals surface area (Å²) in [4.78, 5) is 11.4. The molecule has 1 amide bonds. The van der Waals surface area contributed by atoms with Crippen molar-refractivity contribution in [1.82, 2.24) is 4.72 Å². The zero-order chi connectivity index (χ0) is 13.1. The van der Waals surface area contributed by atoms with Crippen LogP contribution in [0.1, 0.15) is 5.56 Å². The smallest absolute Gasteiger partial charge is 0.240 e. The second-order valence-electron chi connectivity index (χ2n) is 3.37. The predicted octanol–water partition coefficient (Wildman–Crippen LogP) is 1.24. The molecule has 0 aromatic heterocycles. The molecule has 0 spiro atoms. The first-order chi connectivity index (χ1) is 7.90. The van der Waals surface area contributed by atoms with Crippen LogP contribution in [0.15, 0.2) is 23.1 Å². The maximum Gasteiger partial charge on any atom is 0.240 e. The number of halogens is 1. The lowest BCUT2D eigenvalue weighted by atomic mass is 10.2. The number of hydrogen-bond acceptors (Lipinski definition) is 3. The Hall–Kier alpha value is -0.920. The first-order valence-electron chi connectivity index (χ1n) is 4.80. The summed E-state index contributed by atoms with van der Waals surface area (Å²) >= 11 is 3.03. The molecule has 0 aliphatic heterocycles. The molecule has 0 fully saturated rings. The van der Waals surface area contributed by atoms with Gasteiger partial charge in [0.2, 0.25) is 15.9 Å². The van der Waals surface area contributed by atoms with Crippen LogP contribution in [0.3, 0.4) is 0 Å². The van der Waals surface area contributed by atoms with Crippen molar-refractivity contribution in [1.29, 1.82) is 0 Å². The summed E-state index contributed by atoms with van der Waals surface area (Å²) < 4.78 is 25.4. The van der Waals surface area contributed by atoms with E-state index in [9.17, 15) is 13.2 Å². The molecular formula is C10H13BrN2O3S. The monoisotopic (exact) mass is 320 g/mol. The summed E-state index contributed by atoms with van der Waals surface area (Å²) in [5.41, 5.74) is 1.29. The molecular weight excluding hydrogens is 308 g/mol. The SMILES string of the molecule is CNS(=O)(=O)c1ccc(C)c(NC(=O)CBr)c1. The molecule has 7 heteroatoms. The quantitative estimate of drug-likeness (QED) is 0.819. The van der Waals surface area contributed by atoms with Crippen LogP contribution in [-0.4, -0.2) is 26.7 Å². The maximum absolute atomic E-state index is 11.6. The first kappa shape index (κ1) is 14.1. The van der Waals surface area contributed by atoms with E-state index in [1.165, 1.54) is 19.2 Å². The van der Waals surface area contributed by atoms with Gasteiger partial charge in [-0.05, 0) is 31.7 Å². The number of amides is 1. The molecule has 0 heterocycles. The van der Waals surface area contributed by atoms with E-state index in [2.05, 4.69) is 26.0 Å². The van der Waals surface area contributed by atoms with Crippen LogP contribution in [0.5, 0.6) is 0 Å². The molecule has 0 unspecified atom stereocenters. The van der Waals surface area contributed by atoms with Gasteiger partial charge in [0.1, 0.15) is 0 Å². The average molecular weight is 321 g/mol. The highest BCUT2D eigenvalue weighted by atomic mass is 79.9. The fraction of sp³-hybridized carbons (Fsp3) is 0.300. The van der Waals surface area contributed by atoms with Gasteiger partial charge in [0.05, 0.1) is 10.2 Å².